The molecular formula is C19H26O2. The maximum Gasteiger partial charge on any atom is 0.123 e. The zero-order valence-electron chi connectivity index (χ0n) is 13.5. The molecule has 21 heavy (non-hydrogen) atoms. The molecule has 0 unspecified atom stereocenters. The van der Waals surface area contributed by atoms with Gasteiger partial charge in [-0.1, -0.05) is 64.1 Å². The van der Waals surface area contributed by atoms with E-state index in [1.807, 2.05) is 44.2 Å². The minimum absolute atomic E-state index is 0.296. The van der Waals surface area contributed by atoms with E-state index in [2.05, 4.69) is 26.0 Å². The first-order chi connectivity index (χ1) is 10.1. The van der Waals surface area contributed by atoms with Crippen LogP contribution in [0.5, 0.6) is 11.5 Å². The van der Waals surface area contributed by atoms with Crippen LogP contribution in [0.2, 0.25) is 0 Å². The highest BCUT2D eigenvalue weighted by atomic mass is 16.5. The molecule has 0 aliphatic heterocycles. The summed E-state index contributed by atoms with van der Waals surface area (Å²) in [6, 6.07) is 15.7. The predicted octanol–water partition coefficient (Wildman–Crippen LogP) is 5.04. The summed E-state index contributed by atoms with van der Waals surface area (Å²) in [6.07, 6.45) is 0.733. The first-order valence-electron chi connectivity index (χ1n) is 7.64. The Labute approximate surface area is 128 Å². The first-order valence-corrected chi connectivity index (χ1v) is 7.64. The van der Waals surface area contributed by atoms with Crippen LogP contribution >= 0.6 is 0 Å². The number of phenolic OH excluding ortho intramolecular Hbond substituents is 1. The quantitative estimate of drug-likeness (QED) is 0.834. The largest absolute Gasteiger partial charge is 0.508 e. The minimum Gasteiger partial charge on any atom is -0.508 e. The molecule has 0 spiro atoms. The maximum absolute atomic E-state index is 10.0. The Kier molecular flexibility index (Phi) is 7.38. The van der Waals surface area contributed by atoms with Gasteiger partial charge in [0.25, 0.3) is 0 Å². The second-order valence-electron chi connectivity index (χ2n) is 5.16. The second-order valence-corrected chi connectivity index (χ2v) is 5.16. The average Bonchev–Trinajstić information content (AvgIpc) is 2.51. The van der Waals surface area contributed by atoms with Crippen molar-refractivity contribution in [1.29, 1.82) is 0 Å². The average molecular weight is 286 g/mol. The van der Waals surface area contributed by atoms with Crippen molar-refractivity contribution in [3.05, 3.63) is 59.7 Å². The topological polar surface area (TPSA) is 29.5 Å². The SMILES string of the molecule is CC.CC(C)COc1ccc(Cc2ccccc2)c(O)c1. The standard InChI is InChI=1S/C17H20O2.C2H6/c1-13(2)12-19-16-9-8-15(17(18)11-16)10-14-6-4-3-5-7-14;1-2/h3-9,11,13,18H,10,12H2,1-2H3;1-2H3. The van der Waals surface area contributed by atoms with Crippen molar-refractivity contribution in [2.75, 3.05) is 6.61 Å². The van der Waals surface area contributed by atoms with Gasteiger partial charge in [-0.2, -0.15) is 0 Å². The molecule has 0 aliphatic rings. The van der Waals surface area contributed by atoms with Crippen molar-refractivity contribution in [2.24, 2.45) is 5.92 Å². The van der Waals surface area contributed by atoms with Crippen LogP contribution in [0.1, 0.15) is 38.8 Å². The number of phenols is 1. The number of aromatic hydroxyl groups is 1. The molecule has 0 saturated carbocycles. The Bertz CT molecular complexity index is 518. The van der Waals surface area contributed by atoms with Gasteiger partial charge >= 0.3 is 0 Å². The van der Waals surface area contributed by atoms with Crippen molar-refractivity contribution >= 4 is 0 Å². The summed E-state index contributed by atoms with van der Waals surface area (Å²) in [5.74, 6) is 1.50. The smallest absolute Gasteiger partial charge is 0.123 e. The Morgan fingerprint density at radius 2 is 1.67 bits per heavy atom. The molecule has 0 fully saturated rings. The van der Waals surface area contributed by atoms with Crippen molar-refractivity contribution < 1.29 is 9.84 Å². The van der Waals surface area contributed by atoms with E-state index >= 15 is 0 Å². The lowest BCUT2D eigenvalue weighted by Gasteiger charge is -2.11. The molecule has 2 aromatic carbocycles. The van der Waals surface area contributed by atoms with E-state index in [4.69, 9.17) is 4.74 Å². The molecule has 2 aromatic rings. The van der Waals surface area contributed by atoms with Gasteiger partial charge in [0.2, 0.25) is 0 Å². The van der Waals surface area contributed by atoms with Gasteiger partial charge in [0.15, 0.2) is 0 Å². The van der Waals surface area contributed by atoms with Gasteiger partial charge in [-0.25, -0.2) is 0 Å². The van der Waals surface area contributed by atoms with Crippen LogP contribution < -0.4 is 4.74 Å². The van der Waals surface area contributed by atoms with Gasteiger partial charge in [0.05, 0.1) is 6.61 Å². The molecule has 2 heteroatoms. The molecule has 0 atom stereocenters. The summed E-state index contributed by atoms with van der Waals surface area (Å²) >= 11 is 0. The molecule has 1 N–H and O–H groups in total. The van der Waals surface area contributed by atoms with Crippen molar-refractivity contribution in [1.82, 2.24) is 0 Å². The molecule has 2 rings (SSSR count). The third-order valence-electron chi connectivity index (χ3n) is 2.88. The summed E-state index contributed by atoms with van der Waals surface area (Å²) in [7, 11) is 0. The fraction of sp³-hybridized carbons (Fsp3) is 0.368. The van der Waals surface area contributed by atoms with Crippen LogP contribution in [-0.4, -0.2) is 11.7 Å². The third-order valence-corrected chi connectivity index (χ3v) is 2.88. The maximum atomic E-state index is 10.0. The van der Waals surface area contributed by atoms with E-state index in [0.29, 0.717) is 18.3 Å². The Morgan fingerprint density at radius 3 is 2.24 bits per heavy atom. The van der Waals surface area contributed by atoms with Crippen molar-refractivity contribution in [3.8, 4) is 11.5 Å². The van der Waals surface area contributed by atoms with Crippen LogP contribution in [-0.2, 0) is 6.42 Å². The van der Waals surface area contributed by atoms with E-state index in [1.54, 1.807) is 6.07 Å². The Balaban J connectivity index is 0.00000106. The molecule has 114 valence electrons. The predicted molar refractivity (Wildman–Crippen MR) is 89.0 cm³/mol. The van der Waals surface area contributed by atoms with Gasteiger partial charge < -0.3 is 9.84 Å². The molecule has 2 nitrogen and oxygen atoms in total. The molecule has 0 radical (unpaired) electrons. The molecule has 0 aromatic heterocycles. The summed E-state index contributed by atoms with van der Waals surface area (Å²) < 4.78 is 5.59. The summed E-state index contributed by atoms with van der Waals surface area (Å²) in [4.78, 5) is 0. The van der Waals surface area contributed by atoms with E-state index in [1.165, 1.54) is 5.56 Å². The van der Waals surface area contributed by atoms with Crippen LogP contribution in [0.3, 0.4) is 0 Å². The van der Waals surface area contributed by atoms with Gasteiger partial charge in [0.1, 0.15) is 11.5 Å². The molecule has 0 aliphatic carbocycles. The van der Waals surface area contributed by atoms with E-state index in [-0.39, 0.29) is 0 Å². The zero-order chi connectivity index (χ0) is 15.7. The second kappa shape index (κ2) is 9.06. The Morgan fingerprint density at radius 1 is 1.00 bits per heavy atom. The van der Waals surface area contributed by atoms with Crippen LogP contribution in [0, 0.1) is 5.92 Å². The number of hydrogen-bond donors (Lipinski definition) is 1. The zero-order valence-corrected chi connectivity index (χ0v) is 13.5. The normalized spacial score (nSPS) is 9.95. The number of ether oxygens (including phenoxy) is 1. The molecule has 0 saturated heterocycles. The lowest BCUT2D eigenvalue weighted by molar-refractivity contribution is 0.270. The fourth-order valence-electron chi connectivity index (χ4n) is 1.86. The van der Waals surface area contributed by atoms with Crippen LogP contribution in [0.4, 0.5) is 0 Å². The first kappa shape index (κ1) is 17.1. The van der Waals surface area contributed by atoms with E-state index in [0.717, 1.165) is 17.7 Å². The highest BCUT2D eigenvalue weighted by molar-refractivity contribution is 5.42. The number of benzene rings is 2. The van der Waals surface area contributed by atoms with Gasteiger partial charge in [-0.05, 0) is 23.1 Å². The van der Waals surface area contributed by atoms with Gasteiger partial charge in [0, 0.05) is 12.5 Å². The third kappa shape index (κ3) is 5.90. The number of rotatable bonds is 5. The number of hydrogen-bond acceptors (Lipinski definition) is 2. The fourth-order valence-corrected chi connectivity index (χ4v) is 1.86. The lowest BCUT2D eigenvalue weighted by Crippen LogP contribution is -2.04. The monoisotopic (exact) mass is 286 g/mol. The molecule has 0 amide bonds. The highest BCUT2D eigenvalue weighted by Crippen LogP contribution is 2.26. The van der Waals surface area contributed by atoms with Crippen LogP contribution in [0.25, 0.3) is 0 Å². The molecular weight excluding hydrogens is 260 g/mol. The molecule has 0 bridgehead atoms. The molecule has 0 heterocycles. The Hall–Kier alpha value is -1.96. The summed E-state index contributed by atoms with van der Waals surface area (Å²) in [6.45, 7) is 8.87. The van der Waals surface area contributed by atoms with Crippen molar-refractivity contribution in [3.63, 3.8) is 0 Å². The van der Waals surface area contributed by atoms with E-state index < -0.39 is 0 Å². The van der Waals surface area contributed by atoms with Crippen LogP contribution in [0.15, 0.2) is 48.5 Å². The van der Waals surface area contributed by atoms with Gasteiger partial charge in [-0.3, -0.25) is 0 Å². The minimum atomic E-state index is 0.296. The highest BCUT2D eigenvalue weighted by Gasteiger charge is 2.05. The van der Waals surface area contributed by atoms with Gasteiger partial charge in [-0.15, -0.1) is 0 Å². The van der Waals surface area contributed by atoms with E-state index in [9.17, 15) is 5.11 Å². The summed E-state index contributed by atoms with van der Waals surface area (Å²) in [5.41, 5.74) is 2.11. The lowest BCUT2D eigenvalue weighted by atomic mass is 10.0. The summed E-state index contributed by atoms with van der Waals surface area (Å²) in [5, 5.41) is 10.0. The van der Waals surface area contributed by atoms with Crippen molar-refractivity contribution in [2.45, 2.75) is 34.1 Å².